The number of piperidine rings is 1. The van der Waals surface area contributed by atoms with E-state index in [4.69, 9.17) is 9.97 Å². The molecule has 1 aliphatic carbocycles. The maximum absolute atomic E-state index is 13.3. The first-order valence-corrected chi connectivity index (χ1v) is 11.6. The van der Waals surface area contributed by atoms with Crippen molar-refractivity contribution < 1.29 is 13.2 Å². The number of halogens is 3. The van der Waals surface area contributed by atoms with Crippen molar-refractivity contribution in [2.45, 2.75) is 83.6 Å². The van der Waals surface area contributed by atoms with Gasteiger partial charge in [-0.25, -0.2) is 9.97 Å². The van der Waals surface area contributed by atoms with Gasteiger partial charge in [-0.3, -0.25) is 4.57 Å². The molecule has 1 aliphatic heterocycles. The molecule has 2 unspecified atom stereocenters. The maximum atomic E-state index is 13.3. The number of alkyl halides is 3. The van der Waals surface area contributed by atoms with Crippen LogP contribution in [-0.4, -0.2) is 50.4 Å². The first-order valence-electron chi connectivity index (χ1n) is 11.6. The molecule has 4 rings (SSSR count). The Morgan fingerprint density at radius 3 is 2.53 bits per heavy atom. The summed E-state index contributed by atoms with van der Waals surface area (Å²) >= 11 is 0. The molecule has 2 fully saturated rings. The molecule has 3 N–H and O–H groups in total. The van der Waals surface area contributed by atoms with Crippen molar-refractivity contribution >= 4 is 23.1 Å². The van der Waals surface area contributed by atoms with E-state index in [0.29, 0.717) is 36.2 Å². The fourth-order valence-corrected chi connectivity index (χ4v) is 4.72. The third kappa shape index (κ3) is 5.63. The molecule has 1 saturated carbocycles. The van der Waals surface area contributed by atoms with Gasteiger partial charge in [0.05, 0.1) is 12.1 Å². The number of imidazole rings is 1. The number of aromatic nitrogens is 4. The molecule has 7 nitrogen and oxygen atoms in total. The Morgan fingerprint density at radius 2 is 1.84 bits per heavy atom. The molecule has 0 bridgehead atoms. The van der Waals surface area contributed by atoms with Crippen LogP contribution in [0, 0.1) is 11.8 Å². The standard InChI is InChI=1S/C22H34F3N7/c1-21(2,3)31-19-27-12-17-18(30-19)32(13-14-7-9-26-10-8-14)20(29-17)28-16-6-4-5-15(11-16)22(23,24)25/h12,14-16,26H,4-11,13H2,1-3H3,(H,28,29)(H,27,30,31). The quantitative estimate of drug-likeness (QED) is 0.616. The molecule has 0 amide bonds. The zero-order valence-electron chi connectivity index (χ0n) is 19.1. The number of anilines is 2. The van der Waals surface area contributed by atoms with E-state index in [-0.39, 0.29) is 24.4 Å². The van der Waals surface area contributed by atoms with Crippen molar-refractivity contribution in [2.75, 3.05) is 23.7 Å². The summed E-state index contributed by atoms with van der Waals surface area (Å²) in [4.78, 5) is 13.8. The zero-order valence-corrected chi connectivity index (χ0v) is 19.1. The lowest BCUT2D eigenvalue weighted by atomic mass is 9.85. The van der Waals surface area contributed by atoms with Crippen molar-refractivity contribution in [1.29, 1.82) is 0 Å². The Bertz CT molecular complexity index is 913. The van der Waals surface area contributed by atoms with Crippen LogP contribution in [0.1, 0.15) is 59.3 Å². The molecule has 32 heavy (non-hydrogen) atoms. The number of rotatable bonds is 5. The lowest BCUT2D eigenvalue weighted by Gasteiger charge is -2.31. The van der Waals surface area contributed by atoms with E-state index in [1.165, 1.54) is 0 Å². The smallest absolute Gasteiger partial charge is 0.353 e. The van der Waals surface area contributed by atoms with Crippen LogP contribution < -0.4 is 16.0 Å². The SMILES string of the molecule is CC(C)(C)Nc1ncc2nc(NC3CCCC(C(F)(F)F)C3)n(CC3CCNCC3)c2n1. The van der Waals surface area contributed by atoms with Crippen LogP contribution in [0.5, 0.6) is 0 Å². The Kier molecular flexibility index (Phi) is 6.51. The highest BCUT2D eigenvalue weighted by Gasteiger charge is 2.42. The summed E-state index contributed by atoms with van der Waals surface area (Å²) in [6, 6.07) is -0.251. The molecule has 3 heterocycles. The van der Waals surface area contributed by atoms with Gasteiger partial charge < -0.3 is 16.0 Å². The predicted molar refractivity (Wildman–Crippen MR) is 120 cm³/mol. The van der Waals surface area contributed by atoms with Gasteiger partial charge in [0.2, 0.25) is 11.9 Å². The van der Waals surface area contributed by atoms with E-state index in [9.17, 15) is 13.2 Å². The molecular formula is C22H34F3N7. The van der Waals surface area contributed by atoms with Crippen LogP contribution in [0.15, 0.2) is 6.20 Å². The summed E-state index contributed by atoms with van der Waals surface area (Å²) in [5.41, 5.74) is 1.18. The van der Waals surface area contributed by atoms with E-state index in [2.05, 4.69) is 25.5 Å². The number of nitrogens with zero attached hydrogens (tertiary/aromatic N) is 4. The van der Waals surface area contributed by atoms with Crippen LogP contribution in [0.2, 0.25) is 0 Å². The average molecular weight is 454 g/mol. The second kappa shape index (κ2) is 9.03. The monoisotopic (exact) mass is 453 g/mol. The Balaban J connectivity index is 1.63. The third-order valence-corrected chi connectivity index (χ3v) is 6.34. The molecular weight excluding hydrogens is 419 g/mol. The summed E-state index contributed by atoms with van der Waals surface area (Å²) < 4.78 is 42.0. The van der Waals surface area contributed by atoms with Gasteiger partial charge >= 0.3 is 6.18 Å². The minimum atomic E-state index is -4.14. The molecule has 0 radical (unpaired) electrons. The van der Waals surface area contributed by atoms with Gasteiger partial charge in [0.15, 0.2) is 5.65 Å². The second-order valence-electron chi connectivity index (χ2n) is 10.3. The lowest BCUT2D eigenvalue weighted by molar-refractivity contribution is -0.182. The van der Waals surface area contributed by atoms with Crippen molar-refractivity contribution in [3.63, 3.8) is 0 Å². The van der Waals surface area contributed by atoms with E-state index >= 15 is 0 Å². The zero-order chi connectivity index (χ0) is 22.9. The van der Waals surface area contributed by atoms with E-state index < -0.39 is 12.1 Å². The summed E-state index contributed by atoms with van der Waals surface area (Å²) in [5, 5.41) is 10.0. The molecule has 0 aromatic carbocycles. The minimum absolute atomic E-state index is 0.0859. The highest BCUT2D eigenvalue weighted by Crippen LogP contribution is 2.38. The van der Waals surface area contributed by atoms with Crippen molar-refractivity contribution in [3.05, 3.63) is 6.20 Å². The number of hydrogen-bond acceptors (Lipinski definition) is 6. The van der Waals surface area contributed by atoms with Gasteiger partial charge in [0, 0.05) is 18.1 Å². The van der Waals surface area contributed by atoms with Gasteiger partial charge in [-0.05, 0) is 71.9 Å². The molecule has 0 spiro atoms. The third-order valence-electron chi connectivity index (χ3n) is 6.34. The average Bonchev–Trinajstić information content (AvgIpc) is 3.04. The highest BCUT2D eigenvalue weighted by molar-refractivity contribution is 5.75. The number of hydrogen-bond donors (Lipinski definition) is 3. The Hall–Kier alpha value is -2.10. The number of nitrogens with one attached hydrogen (secondary N) is 3. The van der Waals surface area contributed by atoms with Gasteiger partial charge in [0.1, 0.15) is 5.52 Å². The van der Waals surface area contributed by atoms with Crippen LogP contribution >= 0.6 is 0 Å². The molecule has 2 aliphatic rings. The maximum Gasteiger partial charge on any atom is 0.391 e. The predicted octanol–water partition coefficient (Wildman–Crippen LogP) is 4.57. The van der Waals surface area contributed by atoms with E-state index in [1.807, 2.05) is 20.8 Å². The highest BCUT2D eigenvalue weighted by atomic mass is 19.4. The largest absolute Gasteiger partial charge is 0.391 e. The Labute approximate surface area is 187 Å². The van der Waals surface area contributed by atoms with Crippen LogP contribution in [0.3, 0.4) is 0 Å². The molecule has 1 saturated heterocycles. The van der Waals surface area contributed by atoms with Gasteiger partial charge in [0.25, 0.3) is 0 Å². The summed E-state index contributed by atoms with van der Waals surface area (Å²) in [7, 11) is 0. The fraction of sp³-hybridized carbons (Fsp3) is 0.773. The molecule has 10 heteroatoms. The van der Waals surface area contributed by atoms with E-state index in [1.54, 1.807) is 6.20 Å². The molecule has 2 aromatic heterocycles. The van der Waals surface area contributed by atoms with Crippen LogP contribution in [0.4, 0.5) is 25.1 Å². The van der Waals surface area contributed by atoms with Gasteiger partial charge in [-0.2, -0.15) is 18.2 Å². The van der Waals surface area contributed by atoms with Crippen molar-refractivity contribution in [2.24, 2.45) is 11.8 Å². The second-order valence-corrected chi connectivity index (χ2v) is 10.3. The summed E-state index contributed by atoms with van der Waals surface area (Å²) in [5.74, 6) is 0.349. The molecule has 2 aromatic rings. The van der Waals surface area contributed by atoms with Crippen molar-refractivity contribution in [1.82, 2.24) is 24.8 Å². The van der Waals surface area contributed by atoms with Gasteiger partial charge in [-0.15, -0.1) is 0 Å². The fourth-order valence-electron chi connectivity index (χ4n) is 4.72. The summed E-state index contributed by atoms with van der Waals surface area (Å²) in [6.07, 6.45) is 1.23. The lowest BCUT2D eigenvalue weighted by Crippen LogP contribution is -2.35. The molecule has 2 atom stereocenters. The van der Waals surface area contributed by atoms with Crippen LogP contribution in [-0.2, 0) is 6.54 Å². The minimum Gasteiger partial charge on any atom is -0.353 e. The van der Waals surface area contributed by atoms with Crippen molar-refractivity contribution in [3.8, 4) is 0 Å². The van der Waals surface area contributed by atoms with E-state index in [0.717, 1.165) is 38.1 Å². The first kappa shape index (κ1) is 23.1. The normalized spacial score (nSPS) is 23.4. The molecule has 178 valence electrons. The Morgan fingerprint density at radius 1 is 1.09 bits per heavy atom. The topological polar surface area (TPSA) is 79.7 Å². The number of fused-ring (bicyclic) bond motifs is 1. The van der Waals surface area contributed by atoms with Crippen LogP contribution in [0.25, 0.3) is 11.2 Å². The summed E-state index contributed by atoms with van der Waals surface area (Å²) in [6.45, 7) is 8.81. The van der Waals surface area contributed by atoms with Gasteiger partial charge in [-0.1, -0.05) is 6.42 Å². The first-order chi connectivity index (χ1) is 15.1.